The van der Waals surface area contributed by atoms with Crippen LogP contribution in [-0.2, 0) is 11.3 Å². The number of rotatable bonds is 7. The molecule has 1 aromatic carbocycles. The van der Waals surface area contributed by atoms with Crippen LogP contribution >= 0.6 is 0 Å². The second-order valence-electron chi connectivity index (χ2n) is 5.40. The van der Waals surface area contributed by atoms with E-state index in [9.17, 15) is 9.90 Å². The number of unbranched alkanes of at least 4 members (excludes halogenated alkanes) is 1. The van der Waals surface area contributed by atoms with Crippen LogP contribution in [0, 0.1) is 6.92 Å². The van der Waals surface area contributed by atoms with E-state index in [2.05, 4.69) is 29.4 Å². The van der Waals surface area contributed by atoms with E-state index in [1.165, 1.54) is 0 Å². The van der Waals surface area contributed by atoms with Gasteiger partial charge in [-0.15, -0.1) is 0 Å². The number of aromatic nitrogens is 1. The molecule has 0 saturated heterocycles. The molecule has 2 N–H and O–H groups in total. The molecule has 0 bridgehead atoms. The minimum absolute atomic E-state index is 0.477. The number of aryl methyl sites for hydroxylation is 1. The molecule has 0 saturated carbocycles. The average Bonchev–Trinajstić information content (AvgIpc) is 2.47. The van der Waals surface area contributed by atoms with Crippen molar-refractivity contribution in [2.75, 3.05) is 0 Å². The summed E-state index contributed by atoms with van der Waals surface area (Å²) in [6.45, 7) is 4.66. The van der Waals surface area contributed by atoms with Gasteiger partial charge in [0.15, 0.2) is 0 Å². The molecule has 1 atom stereocenters. The van der Waals surface area contributed by atoms with Crippen LogP contribution in [0.25, 0.3) is 10.9 Å². The van der Waals surface area contributed by atoms with E-state index in [1.54, 1.807) is 6.20 Å². The van der Waals surface area contributed by atoms with Crippen molar-refractivity contribution in [1.29, 1.82) is 0 Å². The first-order valence-electron chi connectivity index (χ1n) is 7.42. The fourth-order valence-corrected chi connectivity index (χ4v) is 2.52. The fourth-order valence-electron chi connectivity index (χ4n) is 2.52. The number of carboxylic acid groups (broad SMARTS) is 1. The number of aliphatic carboxylic acids is 1. The highest BCUT2D eigenvalue weighted by atomic mass is 16.4. The first-order valence-corrected chi connectivity index (χ1v) is 7.42. The van der Waals surface area contributed by atoms with Crippen LogP contribution in [0.15, 0.2) is 30.5 Å². The third-order valence-corrected chi connectivity index (χ3v) is 3.65. The SMILES string of the molecule is CCCC[C@H](NCc1cc(C)c2ncccc2c1)C(=O)O. The molecule has 1 aromatic heterocycles. The lowest BCUT2D eigenvalue weighted by Gasteiger charge is -2.14. The molecule has 4 nitrogen and oxygen atoms in total. The van der Waals surface area contributed by atoms with Crippen LogP contribution in [0.1, 0.15) is 37.3 Å². The number of benzene rings is 1. The molecule has 4 heteroatoms. The lowest BCUT2D eigenvalue weighted by atomic mass is 10.0. The normalized spacial score (nSPS) is 12.5. The van der Waals surface area contributed by atoms with Crippen molar-refractivity contribution in [2.24, 2.45) is 0 Å². The van der Waals surface area contributed by atoms with Gasteiger partial charge in [-0.25, -0.2) is 0 Å². The van der Waals surface area contributed by atoms with Crippen molar-refractivity contribution in [2.45, 2.75) is 45.7 Å². The molecule has 0 fully saturated rings. The maximum Gasteiger partial charge on any atom is 0.320 e. The Hall–Kier alpha value is -1.94. The van der Waals surface area contributed by atoms with E-state index in [4.69, 9.17) is 0 Å². The summed E-state index contributed by atoms with van der Waals surface area (Å²) in [6, 6.07) is 7.61. The molecule has 0 aliphatic carbocycles. The van der Waals surface area contributed by atoms with Crippen LogP contribution < -0.4 is 5.32 Å². The summed E-state index contributed by atoms with van der Waals surface area (Å²) in [7, 11) is 0. The van der Waals surface area contributed by atoms with Gasteiger partial charge in [0, 0.05) is 18.1 Å². The van der Waals surface area contributed by atoms with Crippen molar-refractivity contribution in [1.82, 2.24) is 10.3 Å². The quantitative estimate of drug-likeness (QED) is 0.820. The molecular weight excluding hydrogens is 264 g/mol. The van der Waals surface area contributed by atoms with Gasteiger partial charge in [-0.3, -0.25) is 9.78 Å². The summed E-state index contributed by atoms with van der Waals surface area (Å²) in [4.78, 5) is 15.6. The van der Waals surface area contributed by atoms with Gasteiger partial charge in [-0.05, 0) is 36.6 Å². The number of carbonyl (C=O) groups is 1. The van der Waals surface area contributed by atoms with Crippen molar-refractivity contribution in [3.05, 3.63) is 41.6 Å². The molecule has 0 amide bonds. The maximum absolute atomic E-state index is 11.2. The lowest BCUT2D eigenvalue weighted by molar-refractivity contribution is -0.139. The smallest absolute Gasteiger partial charge is 0.320 e. The maximum atomic E-state index is 11.2. The second kappa shape index (κ2) is 7.18. The van der Waals surface area contributed by atoms with Crippen LogP contribution in [0.2, 0.25) is 0 Å². The highest BCUT2D eigenvalue weighted by Crippen LogP contribution is 2.18. The molecule has 2 rings (SSSR count). The third-order valence-electron chi connectivity index (χ3n) is 3.65. The van der Waals surface area contributed by atoms with Gasteiger partial charge in [-0.1, -0.05) is 31.9 Å². The van der Waals surface area contributed by atoms with Crippen LogP contribution in [0.3, 0.4) is 0 Å². The van der Waals surface area contributed by atoms with Gasteiger partial charge in [0.05, 0.1) is 5.52 Å². The number of pyridine rings is 1. The predicted molar refractivity (Wildman–Crippen MR) is 84.3 cm³/mol. The Balaban J connectivity index is 2.10. The van der Waals surface area contributed by atoms with Gasteiger partial charge in [0.2, 0.25) is 0 Å². The van der Waals surface area contributed by atoms with Crippen molar-refractivity contribution < 1.29 is 9.90 Å². The molecule has 1 heterocycles. The number of nitrogens with one attached hydrogen (secondary N) is 1. The fraction of sp³-hybridized carbons (Fsp3) is 0.412. The van der Waals surface area contributed by atoms with E-state index in [1.807, 2.05) is 19.1 Å². The van der Waals surface area contributed by atoms with Crippen molar-refractivity contribution >= 4 is 16.9 Å². The Labute approximate surface area is 125 Å². The topological polar surface area (TPSA) is 62.2 Å². The summed E-state index contributed by atoms with van der Waals surface area (Å²) in [5.41, 5.74) is 3.21. The number of nitrogens with zero attached hydrogens (tertiary/aromatic N) is 1. The van der Waals surface area contributed by atoms with Gasteiger partial charge < -0.3 is 10.4 Å². The lowest BCUT2D eigenvalue weighted by Crippen LogP contribution is -2.36. The molecule has 0 radical (unpaired) electrons. The molecule has 0 aliphatic rings. The summed E-state index contributed by atoms with van der Waals surface area (Å²) in [5, 5.41) is 13.5. The predicted octanol–water partition coefficient (Wildman–Crippen LogP) is 3.28. The van der Waals surface area contributed by atoms with Crippen LogP contribution in [-0.4, -0.2) is 22.1 Å². The Kier molecular flexibility index (Phi) is 5.28. The largest absolute Gasteiger partial charge is 0.480 e. The molecule has 2 aromatic rings. The van der Waals surface area contributed by atoms with Gasteiger partial charge in [0.1, 0.15) is 6.04 Å². The zero-order chi connectivity index (χ0) is 15.2. The minimum atomic E-state index is -0.775. The first kappa shape index (κ1) is 15.4. The standard InChI is InChI=1S/C17H22N2O2/c1-3-4-7-15(17(20)21)19-11-13-9-12(2)16-14(10-13)6-5-8-18-16/h5-6,8-10,15,19H,3-4,7,11H2,1-2H3,(H,20,21)/t15-/m0/s1. The molecule has 0 unspecified atom stereocenters. The third kappa shape index (κ3) is 4.02. The number of carboxylic acids is 1. The minimum Gasteiger partial charge on any atom is -0.480 e. The highest BCUT2D eigenvalue weighted by molar-refractivity contribution is 5.82. The highest BCUT2D eigenvalue weighted by Gasteiger charge is 2.15. The zero-order valence-corrected chi connectivity index (χ0v) is 12.6. The molecular formula is C17H22N2O2. The number of hydrogen-bond acceptors (Lipinski definition) is 3. The van der Waals surface area contributed by atoms with Crippen molar-refractivity contribution in [3.63, 3.8) is 0 Å². The monoisotopic (exact) mass is 286 g/mol. The summed E-state index contributed by atoms with van der Waals surface area (Å²) in [5.74, 6) is -0.775. The van der Waals surface area contributed by atoms with E-state index < -0.39 is 12.0 Å². The first-order chi connectivity index (χ1) is 10.1. The summed E-state index contributed by atoms with van der Waals surface area (Å²) in [6.07, 6.45) is 4.38. The molecule has 21 heavy (non-hydrogen) atoms. The number of fused-ring (bicyclic) bond motifs is 1. The molecule has 0 aliphatic heterocycles. The number of hydrogen-bond donors (Lipinski definition) is 2. The Morgan fingerprint density at radius 1 is 1.43 bits per heavy atom. The Bertz CT molecular complexity index is 625. The second-order valence-corrected chi connectivity index (χ2v) is 5.40. The van der Waals surface area contributed by atoms with Crippen LogP contribution in [0.5, 0.6) is 0 Å². The van der Waals surface area contributed by atoms with Crippen molar-refractivity contribution in [3.8, 4) is 0 Å². The Morgan fingerprint density at radius 2 is 2.24 bits per heavy atom. The van der Waals surface area contributed by atoms with E-state index in [-0.39, 0.29) is 0 Å². The summed E-state index contributed by atoms with van der Waals surface area (Å²) >= 11 is 0. The van der Waals surface area contributed by atoms with E-state index >= 15 is 0 Å². The zero-order valence-electron chi connectivity index (χ0n) is 12.6. The van der Waals surface area contributed by atoms with Gasteiger partial charge in [-0.2, -0.15) is 0 Å². The summed E-state index contributed by atoms with van der Waals surface area (Å²) < 4.78 is 0. The van der Waals surface area contributed by atoms with Crippen LogP contribution in [0.4, 0.5) is 0 Å². The average molecular weight is 286 g/mol. The molecule has 0 spiro atoms. The van der Waals surface area contributed by atoms with Gasteiger partial charge >= 0.3 is 5.97 Å². The Morgan fingerprint density at radius 3 is 2.95 bits per heavy atom. The van der Waals surface area contributed by atoms with Gasteiger partial charge in [0.25, 0.3) is 0 Å². The van der Waals surface area contributed by atoms with E-state index in [0.717, 1.165) is 34.9 Å². The molecule has 112 valence electrons. The van der Waals surface area contributed by atoms with E-state index in [0.29, 0.717) is 13.0 Å².